The maximum atomic E-state index is 12.7. The smallest absolute Gasteiger partial charge is 0.341 e. The number of hydrogen-bond donors (Lipinski definition) is 1. The Hall–Kier alpha value is -2.38. The first-order valence-electron chi connectivity index (χ1n) is 10.1. The Morgan fingerprint density at radius 1 is 1.27 bits per heavy atom. The van der Waals surface area contributed by atoms with Crippen molar-refractivity contribution >= 4 is 50.9 Å². The summed E-state index contributed by atoms with van der Waals surface area (Å²) in [7, 11) is 0. The molecule has 0 aliphatic heterocycles. The number of para-hydroxylation sites is 1. The number of carbonyl (C=O) groups is 2. The molecule has 2 heterocycles. The van der Waals surface area contributed by atoms with E-state index in [1.165, 1.54) is 28.0 Å². The molecule has 0 bridgehead atoms. The van der Waals surface area contributed by atoms with Crippen molar-refractivity contribution < 1.29 is 14.3 Å². The predicted octanol–water partition coefficient (Wildman–Crippen LogP) is 5.33. The molecule has 5 nitrogen and oxygen atoms in total. The molecule has 2 aromatic heterocycles. The van der Waals surface area contributed by atoms with E-state index in [-0.39, 0.29) is 17.6 Å². The number of nitrogens with zero attached hydrogens (tertiary/aromatic N) is 1. The highest BCUT2D eigenvalue weighted by atomic mass is 32.2. The van der Waals surface area contributed by atoms with Crippen molar-refractivity contribution in [3.05, 3.63) is 52.4 Å². The zero-order valence-electron chi connectivity index (χ0n) is 17.1. The van der Waals surface area contributed by atoms with E-state index in [2.05, 4.69) is 17.2 Å². The molecule has 156 valence electrons. The Morgan fingerprint density at radius 2 is 2.10 bits per heavy atom. The number of fused-ring (bicyclic) bond motifs is 2. The molecule has 0 spiro atoms. The molecule has 0 radical (unpaired) electrons. The average molecular weight is 441 g/mol. The molecule has 0 saturated carbocycles. The minimum atomic E-state index is -0.344. The quantitative estimate of drug-likeness (QED) is 0.415. The molecule has 1 atom stereocenters. The number of anilines is 1. The van der Waals surface area contributed by atoms with E-state index in [1.54, 1.807) is 6.92 Å². The molecule has 1 amide bonds. The van der Waals surface area contributed by atoms with Crippen molar-refractivity contribution in [2.24, 2.45) is 5.92 Å². The monoisotopic (exact) mass is 440 g/mol. The Balaban J connectivity index is 1.48. The minimum Gasteiger partial charge on any atom is -0.462 e. The first kappa shape index (κ1) is 20.9. The molecule has 30 heavy (non-hydrogen) atoms. The topological polar surface area (TPSA) is 68.3 Å². The summed E-state index contributed by atoms with van der Waals surface area (Å²) >= 11 is 2.90. The predicted molar refractivity (Wildman–Crippen MR) is 123 cm³/mol. The summed E-state index contributed by atoms with van der Waals surface area (Å²) in [5.74, 6) is 0.326. The van der Waals surface area contributed by atoms with Crippen molar-refractivity contribution in [3.8, 4) is 0 Å². The van der Waals surface area contributed by atoms with E-state index in [1.807, 2.05) is 36.4 Å². The van der Waals surface area contributed by atoms with Gasteiger partial charge in [0.25, 0.3) is 0 Å². The number of benzene rings is 1. The average Bonchev–Trinajstić information content (AvgIpc) is 3.09. The Bertz CT molecular complexity index is 1090. The lowest BCUT2D eigenvalue weighted by atomic mass is 9.88. The summed E-state index contributed by atoms with van der Waals surface area (Å²) in [5, 5.41) is 5.45. The van der Waals surface area contributed by atoms with Gasteiger partial charge in [-0.3, -0.25) is 4.79 Å². The molecule has 7 heteroatoms. The van der Waals surface area contributed by atoms with E-state index >= 15 is 0 Å². The molecular formula is C23H24N2O3S2. The first-order chi connectivity index (χ1) is 14.5. The van der Waals surface area contributed by atoms with Gasteiger partial charge in [0.1, 0.15) is 5.00 Å². The first-order valence-corrected chi connectivity index (χ1v) is 12.0. The van der Waals surface area contributed by atoms with Gasteiger partial charge < -0.3 is 10.1 Å². The molecule has 0 fully saturated rings. The fourth-order valence-corrected chi connectivity index (χ4v) is 5.78. The largest absolute Gasteiger partial charge is 0.462 e. The van der Waals surface area contributed by atoms with Crippen molar-refractivity contribution in [3.63, 3.8) is 0 Å². The summed E-state index contributed by atoms with van der Waals surface area (Å²) in [6, 6.07) is 11.8. The number of rotatable bonds is 6. The van der Waals surface area contributed by atoms with Gasteiger partial charge in [-0.2, -0.15) is 0 Å². The number of aromatic nitrogens is 1. The second-order valence-electron chi connectivity index (χ2n) is 7.46. The summed E-state index contributed by atoms with van der Waals surface area (Å²) < 4.78 is 5.27. The second kappa shape index (κ2) is 9.18. The third kappa shape index (κ3) is 4.52. The maximum Gasteiger partial charge on any atom is 0.341 e. The van der Waals surface area contributed by atoms with Crippen molar-refractivity contribution in [1.82, 2.24) is 4.98 Å². The van der Waals surface area contributed by atoms with Crippen LogP contribution in [-0.4, -0.2) is 29.2 Å². The van der Waals surface area contributed by atoms with Crippen LogP contribution in [0.2, 0.25) is 0 Å². The number of thioether (sulfide) groups is 1. The molecule has 0 unspecified atom stereocenters. The lowest BCUT2D eigenvalue weighted by Crippen LogP contribution is -2.17. The van der Waals surface area contributed by atoms with Crippen LogP contribution in [0.4, 0.5) is 5.00 Å². The maximum absolute atomic E-state index is 12.7. The summed E-state index contributed by atoms with van der Waals surface area (Å²) in [6.45, 7) is 4.33. The lowest BCUT2D eigenvalue weighted by molar-refractivity contribution is -0.113. The number of nitrogens with one attached hydrogen (secondary N) is 1. The van der Waals surface area contributed by atoms with Gasteiger partial charge >= 0.3 is 5.97 Å². The van der Waals surface area contributed by atoms with E-state index in [4.69, 9.17) is 4.74 Å². The van der Waals surface area contributed by atoms with Crippen LogP contribution in [-0.2, 0) is 22.4 Å². The lowest BCUT2D eigenvalue weighted by Gasteiger charge is -2.18. The molecule has 1 aromatic carbocycles. The zero-order chi connectivity index (χ0) is 21.1. The van der Waals surface area contributed by atoms with Gasteiger partial charge in [0.05, 0.1) is 28.5 Å². The van der Waals surface area contributed by atoms with E-state index in [0.29, 0.717) is 23.1 Å². The Labute approximate surface area is 184 Å². The number of hydrogen-bond acceptors (Lipinski definition) is 6. The number of thiophene rings is 1. The standard InChI is InChI=1S/C23H24N2O3S2/c1-3-28-23(27)21-16-10-8-14(2)12-18(16)30-22(21)25-19(26)13-29-20-11-9-15-6-4-5-7-17(15)24-20/h4-7,9,11,14H,3,8,10,12-13H2,1-2H3,(H,25,26)/t14-/m0/s1. The van der Waals surface area contributed by atoms with Gasteiger partial charge in [0, 0.05) is 10.3 Å². The second-order valence-corrected chi connectivity index (χ2v) is 9.56. The van der Waals surface area contributed by atoms with Gasteiger partial charge in [-0.1, -0.05) is 43.0 Å². The molecule has 1 aliphatic carbocycles. The van der Waals surface area contributed by atoms with Gasteiger partial charge in [0.15, 0.2) is 0 Å². The number of ether oxygens (including phenoxy) is 1. The third-order valence-corrected chi connectivity index (χ3v) is 7.27. The van der Waals surface area contributed by atoms with Crippen LogP contribution < -0.4 is 5.32 Å². The van der Waals surface area contributed by atoms with E-state index < -0.39 is 0 Å². The highest BCUT2D eigenvalue weighted by Crippen LogP contribution is 2.40. The van der Waals surface area contributed by atoms with Gasteiger partial charge in [-0.05, 0) is 49.8 Å². The molecule has 1 N–H and O–H groups in total. The van der Waals surface area contributed by atoms with Gasteiger partial charge in [-0.25, -0.2) is 9.78 Å². The number of pyridine rings is 1. The van der Waals surface area contributed by atoms with Crippen molar-refractivity contribution in [2.75, 3.05) is 17.7 Å². The van der Waals surface area contributed by atoms with Crippen LogP contribution in [0.3, 0.4) is 0 Å². The van der Waals surface area contributed by atoms with Crippen molar-refractivity contribution in [2.45, 2.75) is 38.1 Å². The number of carbonyl (C=O) groups excluding carboxylic acids is 2. The molecule has 1 aliphatic rings. The summed E-state index contributed by atoms with van der Waals surface area (Å²) in [6.07, 6.45) is 2.85. The molecular weight excluding hydrogens is 416 g/mol. The number of amides is 1. The van der Waals surface area contributed by atoms with Crippen LogP contribution in [0.25, 0.3) is 10.9 Å². The minimum absolute atomic E-state index is 0.146. The summed E-state index contributed by atoms with van der Waals surface area (Å²) in [5.41, 5.74) is 2.51. The fraction of sp³-hybridized carbons (Fsp3) is 0.348. The Kier molecular flexibility index (Phi) is 6.39. The SMILES string of the molecule is CCOC(=O)c1c(NC(=O)CSc2ccc3ccccc3n2)sc2c1CC[C@H](C)C2. The number of esters is 1. The highest BCUT2D eigenvalue weighted by Gasteiger charge is 2.29. The van der Waals surface area contributed by atoms with Gasteiger partial charge in [0.2, 0.25) is 5.91 Å². The fourth-order valence-electron chi connectivity index (χ4n) is 3.69. The highest BCUT2D eigenvalue weighted by molar-refractivity contribution is 7.99. The third-order valence-electron chi connectivity index (χ3n) is 5.17. The van der Waals surface area contributed by atoms with Crippen LogP contribution in [0, 0.1) is 5.92 Å². The van der Waals surface area contributed by atoms with E-state index in [0.717, 1.165) is 40.8 Å². The molecule has 0 saturated heterocycles. The summed E-state index contributed by atoms with van der Waals surface area (Å²) in [4.78, 5) is 31.0. The van der Waals surface area contributed by atoms with Crippen LogP contribution in [0.5, 0.6) is 0 Å². The molecule has 4 rings (SSSR count). The Morgan fingerprint density at radius 3 is 2.93 bits per heavy atom. The normalized spacial score (nSPS) is 15.6. The van der Waals surface area contributed by atoms with Crippen molar-refractivity contribution in [1.29, 1.82) is 0 Å². The van der Waals surface area contributed by atoms with Crippen LogP contribution >= 0.6 is 23.1 Å². The van der Waals surface area contributed by atoms with Crippen LogP contribution in [0.15, 0.2) is 41.4 Å². The van der Waals surface area contributed by atoms with Gasteiger partial charge in [-0.15, -0.1) is 11.3 Å². The van der Waals surface area contributed by atoms with E-state index in [9.17, 15) is 9.59 Å². The van der Waals surface area contributed by atoms with Crippen LogP contribution in [0.1, 0.15) is 41.1 Å². The zero-order valence-corrected chi connectivity index (χ0v) is 18.7. The molecule has 3 aromatic rings.